The summed E-state index contributed by atoms with van der Waals surface area (Å²) in [5.41, 5.74) is 2.86. The summed E-state index contributed by atoms with van der Waals surface area (Å²) >= 11 is 0. The van der Waals surface area contributed by atoms with E-state index in [-0.39, 0.29) is 28.7 Å². The van der Waals surface area contributed by atoms with Crippen molar-refractivity contribution < 1.29 is 9.18 Å². The molecule has 3 heterocycles. The van der Waals surface area contributed by atoms with Crippen molar-refractivity contribution in [1.82, 2.24) is 29.7 Å². The van der Waals surface area contributed by atoms with Crippen molar-refractivity contribution >= 4 is 22.7 Å². The van der Waals surface area contributed by atoms with Crippen LogP contribution >= 0.6 is 0 Å². The summed E-state index contributed by atoms with van der Waals surface area (Å²) in [5, 5.41) is 6.47. The second kappa shape index (κ2) is 15.5. The number of aliphatic imine (C=N–C) groups is 1. The molecule has 1 aliphatic heterocycles. The maximum absolute atomic E-state index is 14.5. The number of halogens is 1. The minimum atomic E-state index is -0.657. The van der Waals surface area contributed by atoms with E-state index in [1.165, 1.54) is 27.0 Å². The van der Waals surface area contributed by atoms with E-state index in [1.807, 2.05) is 25.1 Å². The van der Waals surface area contributed by atoms with Gasteiger partial charge < -0.3 is 10.6 Å². The van der Waals surface area contributed by atoms with E-state index in [0.717, 1.165) is 62.5 Å². The highest BCUT2D eigenvalue weighted by Crippen LogP contribution is 2.28. The third-order valence-electron chi connectivity index (χ3n) is 9.31. The Kier molecular flexibility index (Phi) is 10.7. The van der Waals surface area contributed by atoms with Crippen molar-refractivity contribution in [2.45, 2.75) is 57.7 Å². The molecule has 254 valence electrons. The van der Waals surface area contributed by atoms with E-state index >= 15 is 0 Å². The van der Waals surface area contributed by atoms with E-state index in [2.05, 4.69) is 56.4 Å². The van der Waals surface area contributed by atoms with Crippen molar-refractivity contribution in [2.75, 3.05) is 26.2 Å². The van der Waals surface area contributed by atoms with Crippen LogP contribution in [0.4, 0.5) is 4.39 Å². The van der Waals surface area contributed by atoms with Crippen LogP contribution < -0.4 is 21.9 Å². The SMILES string of the molecule is C=CC(=N/C=C/C)C(=O)NC1CCC(n2c(=O)c3cc(F)cnc3n(-c3cccc(-c4ccc(CN5CCCNCC5)cc4)c3)c2=O)CC1. The smallest absolute Gasteiger partial charge is 0.337 e. The monoisotopic (exact) mass is 663 g/mol. The summed E-state index contributed by atoms with van der Waals surface area (Å²) in [7, 11) is 0. The quantitative estimate of drug-likeness (QED) is 0.246. The van der Waals surface area contributed by atoms with E-state index in [4.69, 9.17) is 0 Å². The fourth-order valence-corrected chi connectivity index (χ4v) is 6.78. The molecule has 1 saturated carbocycles. The molecule has 2 N–H and O–H groups in total. The first-order valence-corrected chi connectivity index (χ1v) is 16.9. The number of pyridine rings is 1. The van der Waals surface area contributed by atoms with Crippen LogP contribution in [0.3, 0.4) is 0 Å². The molecule has 10 nitrogen and oxygen atoms in total. The van der Waals surface area contributed by atoms with Gasteiger partial charge in [-0.2, -0.15) is 0 Å². The maximum Gasteiger partial charge on any atom is 0.337 e. The maximum atomic E-state index is 14.5. The highest BCUT2D eigenvalue weighted by Gasteiger charge is 2.28. The number of fused-ring (bicyclic) bond motifs is 1. The Morgan fingerprint density at radius 2 is 1.86 bits per heavy atom. The molecule has 0 unspecified atom stereocenters. The first-order valence-electron chi connectivity index (χ1n) is 16.9. The molecule has 1 amide bonds. The Bertz CT molecular complexity index is 2000. The first kappa shape index (κ1) is 33.9. The lowest BCUT2D eigenvalue weighted by Crippen LogP contribution is -2.46. The van der Waals surface area contributed by atoms with Crippen LogP contribution in [0, 0.1) is 5.82 Å². The molecule has 1 aliphatic carbocycles. The number of rotatable bonds is 9. The number of amides is 1. The van der Waals surface area contributed by atoms with Gasteiger partial charge in [0.1, 0.15) is 11.5 Å². The van der Waals surface area contributed by atoms with E-state index in [0.29, 0.717) is 31.4 Å². The number of nitrogens with one attached hydrogen (secondary N) is 2. The van der Waals surface area contributed by atoms with Crippen LogP contribution in [-0.2, 0) is 11.3 Å². The number of hydrogen-bond acceptors (Lipinski definition) is 7. The van der Waals surface area contributed by atoms with Crippen LogP contribution in [0.5, 0.6) is 0 Å². The molecule has 4 aromatic rings. The molecule has 0 spiro atoms. The molecular weight excluding hydrogens is 621 g/mol. The second-order valence-electron chi connectivity index (χ2n) is 12.6. The zero-order chi connectivity index (χ0) is 34.3. The average molecular weight is 664 g/mol. The number of benzene rings is 2. The second-order valence-corrected chi connectivity index (χ2v) is 12.6. The van der Waals surface area contributed by atoms with Gasteiger partial charge in [-0.05, 0) is 93.1 Å². The molecule has 2 aromatic carbocycles. The largest absolute Gasteiger partial charge is 0.348 e. The van der Waals surface area contributed by atoms with Gasteiger partial charge in [0.05, 0.1) is 17.3 Å². The Balaban J connectivity index is 1.28. The van der Waals surface area contributed by atoms with Crippen LogP contribution in [0.1, 0.15) is 50.6 Å². The lowest BCUT2D eigenvalue weighted by Gasteiger charge is -2.30. The lowest BCUT2D eigenvalue weighted by molar-refractivity contribution is -0.115. The zero-order valence-electron chi connectivity index (χ0n) is 27.8. The summed E-state index contributed by atoms with van der Waals surface area (Å²) in [4.78, 5) is 51.6. The normalized spacial score (nSPS) is 19.2. The van der Waals surface area contributed by atoms with Gasteiger partial charge in [-0.3, -0.25) is 24.0 Å². The fourth-order valence-electron chi connectivity index (χ4n) is 6.78. The van der Waals surface area contributed by atoms with Gasteiger partial charge in [0, 0.05) is 37.9 Å². The molecule has 0 bridgehead atoms. The lowest BCUT2D eigenvalue weighted by atomic mass is 9.90. The van der Waals surface area contributed by atoms with Crippen molar-refractivity contribution in [3.63, 3.8) is 0 Å². The highest BCUT2D eigenvalue weighted by atomic mass is 19.1. The molecule has 11 heteroatoms. The Morgan fingerprint density at radius 1 is 1.06 bits per heavy atom. The Morgan fingerprint density at radius 3 is 2.61 bits per heavy atom. The predicted octanol–water partition coefficient (Wildman–Crippen LogP) is 4.91. The third-order valence-corrected chi connectivity index (χ3v) is 9.31. The standard InChI is InChI=1S/C38H42FN7O3/c1-3-17-41-34(4-2)36(47)43-30-13-15-31(16-14-30)46-37(48)33-23-29(39)24-42-35(33)45(38(46)49)32-8-5-7-28(22-32)27-11-9-26(10-12-27)25-44-20-6-18-40-19-21-44/h3-5,7-12,17,22-24,30-31,40H,2,6,13-16,18-21,25H2,1H3,(H,43,47)/b17-3+,41-34?. The third kappa shape index (κ3) is 7.68. The summed E-state index contributed by atoms with van der Waals surface area (Å²) in [6.45, 7) is 10.5. The summed E-state index contributed by atoms with van der Waals surface area (Å²) in [6, 6.07) is 16.5. The number of aromatic nitrogens is 3. The minimum Gasteiger partial charge on any atom is -0.348 e. The van der Waals surface area contributed by atoms with Crippen molar-refractivity contribution in [3.8, 4) is 16.8 Å². The zero-order valence-corrected chi connectivity index (χ0v) is 27.8. The van der Waals surface area contributed by atoms with Crippen molar-refractivity contribution in [2.24, 2.45) is 4.99 Å². The molecule has 0 radical (unpaired) electrons. The number of nitrogens with zero attached hydrogens (tertiary/aromatic N) is 5. The molecule has 2 fully saturated rings. The fraction of sp³-hybridized carbons (Fsp3) is 0.342. The summed E-state index contributed by atoms with van der Waals surface area (Å²) in [5.74, 6) is -0.983. The van der Waals surface area contributed by atoms with Crippen LogP contribution in [-0.4, -0.2) is 62.9 Å². The predicted molar refractivity (Wildman–Crippen MR) is 192 cm³/mol. The topological polar surface area (TPSA) is 114 Å². The van der Waals surface area contributed by atoms with Gasteiger partial charge in [-0.25, -0.2) is 18.7 Å². The van der Waals surface area contributed by atoms with E-state index < -0.39 is 23.1 Å². The molecule has 0 atom stereocenters. The number of allylic oxidation sites excluding steroid dienone is 1. The average Bonchev–Trinajstić information content (AvgIpc) is 3.39. The molecule has 2 aliphatic rings. The van der Waals surface area contributed by atoms with Crippen LogP contribution in [0.15, 0.2) is 100 Å². The molecule has 1 saturated heterocycles. The molecule has 2 aromatic heterocycles. The molecular formula is C38H42FN7O3. The van der Waals surface area contributed by atoms with Gasteiger partial charge in [0.25, 0.3) is 11.5 Å². The molecule has 6 rings (SSSR count). The Hall–Kier alpha value is -5.00. The molecule has 49 heavy (non-hydrogen) atoms. The van der Waals surface area contributed by atoms with Crippen LogP contribution in [0.2, 0.25) is 0 Å². The van der Waals surface area contributed by atoms with Gasteiger partial charge in [-0.15, -0.1) is 0 Å². The van der Waals surface area contributed by atoms with Gasteiger partial charge in [-0.1, -0.05) is 49.1 Å². The van der Waals surface area contributed by atoms with E-state index in [9.17, 15) is 18.8 Å². The van der Waals surface area contributed by atoms with Gasteiger partial charge in [0.2, 0.25) is 0 Å². The highest BCUT2D eigenvalue weighted by molar-refractivity contribution is 6.43. The number of carbonyl (C=O) groups is 1. The van der Waals surface area contributed by atoms with Crippen LogP contribution in [0.25, 0.3) is 27.8 Å². The summed E-state index contributed by atoms with van der Waals surface area (Å²) in [6.07, 6.45) is 8.88. The Labute approximate surface area is 284 Å². The van der Waals surface area contributed by atoms with E-state index in [1.54, 1.807) is 12.1 Å². The minimum absolute atomic E-state index is 0.0318. The van der Waals surface area contributed by atoms with Crippen molar-refractivity contribution in [1.29, 1.82) is 0 Å². The van der Waals surface area contributed by atoms with Gasteiger partial charge >= 0.3 is 5.69 Å². The van der Waals surface area contributed by atoms with Crippen molar-refractivity contribution in [3.05, 3.63) is 118 Å². The van der Waals surface area contributed by atoms with Gasteiger partial charge in [0.15, 0.2) is 5.65 Å². The first-order chi connectivity index (χ1) is 23.9. The summed E-state index contributed by atoms with van der Waals surface area (Å²) < 4.78 is 17.1. The number of carbonyl (C=O) groups excluding carboxylic acids is 1. The number of hydrogen-bond donors (Lipinski definition) is 2.